The van der Waals surface area contributed by atoms with Crippen molar-refractivity contribution in [3.63, 3.8) is 0 Å². The molecule has 2 heterocycles. The van der Waals surface area contributed by atoms with Crippen molar-refractivity contribution in [2.75, 3.05) is 0 Å². The summed E-state index contributed by atoms with van der Waals surface area (Å²) >= 11 is 3.36. The predicted octanol–water partition coefficient (Wildman–Crippen LogP) is 1.60. The summed E-state index contributed by atoms with van der Waals surface area (Å²) in [6.07, 6.45) is 3.33. The maximum absolute atomic E-state index is 8.77. The molecular weight excluding hydrogens is 232 g/mol. The summed E-state index contributed by atoms with van der Waals surface area (Å²) in [5, 5.41) is 13.6. The summed E-state index contributed by atoms with van der Waals surface area (Å²) in [5.74, 6) is 0. The number of hydrogen-bond acceptors (Lipinski definition) is 3. The van der Waals surface area contributed by atoms with Crippen molar-refractivity contribution in [2.24, 2.45) is 7.05 Å². The van der Waals surface area contributed by atoms with E-state index in [2.05, 4.69) is 26.0 Å². The third kappa shape index (κ3) is 1.11. The first-order valence-corrected chi connectivity index (χ1v) is 4.39. The molecule has 0 fully saturated rings. The number of fused-ring (bicyclic) bond motifs is 1. The SMILES string of the molecule is Cn1nc(C#N)c2cncc(Br)c21. The molecule has 13 heavy (non-hydrogen) atoms. The average Bonchev–Trinajstić information content (AvgIpc) is 2.44. The van der Waals surface area contributed by atoms with Crippen molar-refractivity contribution in [1.29, 1.82) is 5.26 Å². The van der Waals surface area contributed by atoms with E-state index in [0.29, 0.717) is 5.69 Å². The number of nitrogens with zero attached hydrogens (tertiary/aromatic N) is 4. The van der Waals surface area contributed by atoms with Gasteiger partial charge in [0.15, 0.2) is 5.69 Å². The third-order valence-electron chi connectivity index (χ3n) is 1.81. The van der Waals surface area contributed by atoms with E-state index in [1.54, 1.807) is 24.1 Å². The quantitative estimate of drug-likeness (QED) is 0.699. The van der Waals surface area contributed by atoms with E-state index in [1.165, 1.54) is 0 Å². The van der Waals surface area contributed by atoms with E-state index < -0.39 is 0 Å². The van der Waals surface area contributed by atoms with Gasteiger partial charge in [-0.3, -0.25) is 9.67 Å². The Bertz CT molecular complexity index is 509. The van der Waals surface area contributed by atoms with E-state index in [9.17, 15) is 0 Å². The van der Waals surface area contributed by atoms with Crippen LogP contribution in [0.2, 0.25) is 0 Å². The van der Waals surface area contributed by atoms with Gasteiger partial charge in [0.2, 0.25) is 0 Å². The molecule has 0 aliphatic carbocycles. The van der Waals surface area contributed by atoms with Gasteiger partial charge >= 0.3 is 0 Å². The Morgan fingerprint density at radius 2 is 2.31 bits per heavy atom. The zero-order valence-electron chi connectivity index (χ0n) is 6.82. The minimum atomic E-state index is 0.409. The molecule has 2 rings (SSSR count). The number of halogens is 1. The molecule has 0 aliphatic rings. The molecule has 0 bridgehead atoms. The molecule has 5 heteroatoms. The van der Waals surface area contributed by atoms with Crippen LogP contribution in [0.15, 0.2) is 16.9 Å². The summed E-state index contributed by atoms with van der Waals surface area (Å²) in [6.45, 7) is 0. The number of aromatic nitrogens is 3. The largest absolute Gasteiger partial charge is 0.265 e. The fourth-order valence-electron chi connectivity index (χ4n) is 1.27. The van der Waals surface area contributed by atoms with Gasteiger partial charge in [-0.1, -0.05) is 0 Å². The molecule has 0 aliphatic heterocycles. The van der Waals surface area contributed by atoms with Crippen LogP contribution in [0.1, 0.15) is 5.69 Å². The van der Waals surface area contributed by atoms with Crippen LogP contribution in [0.4, 0.5) is 0 Å². The first kappa shape index (κ1) is 8.20. The van der Waals surface area contributed by atoms with Gasteiger partial charge in [0, 0.05) is 19.4 Å². The van der Waals surface area contributed by atoms with Crippen LogP contribution in [-0.2, 0) is 7.05 Å². The lowest BCUT2D eigenvalue weighted by Gasteiger charge is -1.94. The van der Waals surface area contributed by atoms with Crippen LogP contribution in [0.3, 0.4) is 0 Å². The zero-order chi connectivity index (χ0) is 9.42. The Labute approximate surface area is 82.9 Å². The van der Waals surface area contributed by atoms with Gasteiger partial charge in [-0.05, 0) is 15.9 Å². The molecular formula is C8H5BrN4. The lowest BCUT2D eigenvalue weighted by atomic mass is 10.3. The van der Waals surface area contributed by atoms with Crippen molar-refractivity contribution in [3.8, 4) is 6.07 Å². The van der Waals surface area contributed by atoms with Crippen molar-refractivity contribution in [3.05, 3.63) is 22.6 Å². The van der Waals surface area contributed by atoms with Gasteiger partial charge in [0.05, 0.1) is 15.4 Å². The number of hydrogen-bond donors (Lipinski definition) is 0. The van der Waals surface area contributed by atoms with Crippen molar-refractivity contribution in [1.82, 2.24) is 14.8 Å². The molecule has 64 valence electrons. The van der Waals surface area contributed by atoms with Gasteiger partial charge in [0.25, 0.3) is 0 Å². The molecule has 0 radical (unpaired) electrons. The molecule has 0 spiro atoms. The van der Waals surface area contributed by atoms with Gasteiger partial charge in [-0.15, -0.1) is 0 Å². The van der Waals surface area contributed by atoms with Crippen molar-refractivity contribution < 1.29 is 0 Å². The fraction of sp³-hybridized carbons (Fsp3) is 0.125. The topological polar surface area (TPSA) is 54.5 Å². The minimum absolute atomic E-state index is 0.409. The molecule has 2 aromatic heterocycles. The Balaban J connectivity index is 2.98. The second-order valence-electron chi connectivity index (χ2n) is 2.60. The lowest BCUT2D eigenvalue weighted by molar-refractivity contribution is 0.789. The standard InChI is InChI=1S/C8H5BrN4/c1-13-8-5(7(2-10)12-13)3-11-4-6(8)9/h3-4H,1H3. The van der Waals surface area contributed by atoms with Crippen LogP contribution < -0.4 is 0 Å². The first-order chi connectivity index (χ1) is 6.24. The van der Waals surface area contributed by atoms with Crippen LogP contribution in [0, 0.1) is 11.3 Å². The lowest BCUT2D eigenvalue weighted by Crippen LogP contribution is -1.90. The Kier molecular flexibility index (Phi) is 1.78. The van der Waals surface area contributed by atoms with Gasteiger partial charge in [-0.25, -0.2) is 0 Å². The van der Waals surface area contributed by atoms with Crippen LogP contribution in [-0.4, -0.2) is 14.8 Å². The molecule has 4 nitrogen and oxygen atoms in total. The Morgan fingerprint density at radius 1 is 1.54 bits per heavy atom. The number of nitriles is 1. The third-order valence-corrected chi connectivity index (χ3v) is 2.39. The van der Waals surface area contributed by atoms with Crippen molar-refractivity contribution in [2.45, 2.75) is 0 Å². The molecule has 0 atom stereocenters. The van der Waals surface area contributed by atoms with Gasteiger partial charge < -0.3 is 0 Å². The second-order valence-corrected chi connectivity index (χ2v) is 3.46. The fourth-order valence-corrected chi connectivity index (χ4v) is 1.86. The number of rotatable bonds is 0. The number of pyridine rings is 1. The summed E-state index contributed by atoms with van der Waals surface area (Å²) in [5.41, 5.74) is 1.30. The highest BCUT2D eigenvalue weighted by Crippen LogP contribution is 2.23. The molecule has 0 unspecified atom stereocenters. The first-order valence-electron chi connectivity index (χ1n) is 3.60. The molecule has 0 aromatic carbocycles. The molecule has 0 N–H and O–H groups in total. The highest BCUT2D eigenvalue weighted by molar-refractivity contribution is 9.10. The van der Waals surface area contributed by atoms with E-state index in [4.69, 9.17) is 5.26 Å². The summed E-state index contributed by atoms with van der Waals surface area (Å²) in [6, 6.07) is 2.03. The van der Waals surface area contributed by atoms with Crippen molar-refractivity contribution >= 4 is 26.8 Å². The number of aryl methyl sites for hydroxylation is 1. The second kappa shape index (κ2) is 2.82. The highest BCUT2D eigenvalue weighted by atomic mass is 79.9. The van der Waals surface area contributed by atoms with Crippen LogP contribution in [0.5, 0.6) is 0 Å². The van der Waals surface area contributed by atoms with Gasteiger partial charge in [0.1, 0.15) is 6.07 Å². The van der Waals surface area contributed by atoms with E-state index in [0.717, 1.165) is 15.4 Å². The van der Waals surface area contributed by atoms with Gasteiger partial charge in [-0.2, -0.15) is 10.4 Å². The highest BCUT2D eigenvalue weighted by Gasteiger charge is 2.10. The monoisotopic (exact) mass is 236 g/mol. The Hall–Kier alpha value is -1.41. The zero-order valence-corrected chi connectivity index (χ0v) is 8.41. The normalized spacial score (nSPS) is 10.2. The predicted molar refractivity (Wildman–Crippen MR) is 50.9 cm³/mol. The summed E-state index contributed by atoms with van der Waals surface area (Å²) in [7, 11) is 1.80. The van der Waals surface area contributed by atoms with E-state index in [-0.39, 0.29) is 0 Å². The summed E-state index contributed by atoms with van der Waals surface area (Å²) < 4.78 is 2.51. The minimum Gasteiger partial charge on any atom is -0.265 e. The summed E-state index contributed by atoms with van der Waals surface area (Å²) in [4.78, 5) is 3.98. The maximum atomic E-state index is 8.77. The maximum Gasteiger partial charge on any atom is 0.171 e. The van der Waals surface area contributed by atoms with Crippen LogP contribution in [0.25, 0.3) is 10.9 Å². The Morgan fingerprint density at radius 3 is 3.00 bits per heavy atom. The van der Waals surface area contributed by atoms with Crippen LogP contribution >= 0.6 is 15.9 Å². The molecule has 0 saturated heterocycles. The van der Waals surface area contributed by atoms with E-state index >= 15 is 0 Å². The molecule has 2 aromatic rings. The molecule has 0 saturated carbocycles. The van der Waals surface area contributed by atoms with E-state index in [1.807, 2.05) is 6.07 Å². The molecule has 0 amide bonds. The smallest absolute Gasteiger partial charge is 0.171 e. The average molecular weight is 237 g/mol.